The monoisotopic (exact) mass is 700 g/mol. The molecule has 3 aromatic rings. The van der Waals surface area contributed by atoms with Gasteiger partial charge in [-0.1, -0.05) is 0 Å². The number of hydrogen-bond acceptors (Lipinski definition) is 8. The molecule has 2 fully saturated rings. The van der Waals surface area contributed by atoms with Gasteiger partial charge in [-0.05, 0) is 77.2 Å². The normalized spacial score (nSPS) is 18.8. The van der Waals surface area contributed by atoms with Crippen LogP contribution in [0.15, 0.2) is 41.3 Å². The Balaban J connectivity index is 0.00000240. The van der Waals surface area contributed by atoms with E-state index in [1.807, 2.05) is 18.2 Å². The second kappa shape index (κ2) is 14.0. The van der Waals surface area contributed by atoms with E-state index in [1.165, 1.54) is 0 Å². The number of amides is 1. The third kappa shape index (κ3) is 6.97. The Labute approximate surface area is 280 Å². The van der Waals surface area contributed by atoms with Crippen molar-refractivity contribution in [2.24, 2.45) is 0 Å². The smallest absolute Gasteiger partial charge is 0.258 e. The fourth-order valence-electron chi connectivity index (χ4n) is 6.26. The summed E-state index contributed by atoms with van der Waals surface area (Å²) >= 11 is 0. The van der Waals surface area contributed by atoms with E-state index in [0.717, 1.165) is 79.9 Å². The van der Waals surface area contributed by atoms with Gasteiger partial charge in [-0.2, -0.15) is 9.40 Å². The number of nitrogens with zero attached hydrogens (tertiary/aromatic N) is 4. The van der Waals surface area contributed by atoms with E-state index in [0.29, 0.717) is 22.9 Å². The van der Waals surface area contributed by atoms with Crippen molar-refractivity contribution in [2.45, 2.75) is 49.7 Å². The minimum absolute atomic E-state index is 0. The van der Waals surface area contributed by atoms with Gasteiger partial charge in [0.25, 0.3) is 5.91 Å². The van der Waals surface area contributed by atoms with Crippen LogP contribution in [0, 0.1) is 11.6 Å². The molecule has 3 aliphatic heterocycles. The Kier molecular flexibility index (Phi) is 10.9. The molecule has 11 nitrogen and oxygen atoms in total. The number of nitrogens with one attached hydrogen (secondary N) is 4. The summed E-state index contributed by atoms with van der Waals surface area (Å²) in [6, 6.07) is 8.24. The lowest BCUT2D eigenvalue weighted by Gasteiger charge is -2.34. The average molecular weight is 702 g/mol. The van der Waals surface area contributed by atoms with E-state index in [2.05, 4.69) is 43.0 Å². The number of piperazine rings is 1. The average Bonchev–Trinajstić information content (AvgIpc) is 3.51. The van der Waals surface area contributed by atoms with Gasteiger partial charge in [0, 0.05) is 61.8 Å². The highest BCUT2D eigenvalue weighted by molar-refractivity contribution is 7.89. The van der Waals surface area contributed by atoms with Crippen molar-refractivity contribution in [1.29, 1.82) is 0 Å². The van der Waals surface area contributed by atoms with Gasteiger partial charge in [0.2, 0.25) is 10.0 Å². The number of carbonyl (C=O) groups is 1. The van der Waals surface area contributed by atoms with Crippen LogP contribution in [-0.4, -0.2) is 86.1 Å². The fraction of sp³-hybridized carbons (Fsp3) is 0.467. The molecule has 0 atom stereocenters. The lowest BCUT2D eigenvalue weighted by molar-refractivity contribution is 0.102. The zero-order chi connectivity index (χ0) is 31.2. The van der Waals surface area contributed by atoms with E-state index in [9.17, 15) is 22.0 Å². The molecule has 4 heterocycles. The molecule has 0 radical (unpaired) electrons. The van der Waals surface area contributed by atoms with Crippen molar-refractivity contribution in [3.8, 4) is 0 Å². The number of aromatic amines is 1. The highest BCUT2D eigenvalue weighted by Gasteiger charge is 2.48. The molecule has 1 amide bonds. The number of H-pyrrole nitrogens is 1. The van der Waals surface area contributed by atoms with Gasteiger partial charge in [0.15, 0.2) is 5.82 Å². The minimum Gasteiger partial charge on any atom is -0.382 e. The standard InChI is InChI=1S/C30H38F2N8O3S.2ClH/c1-30(2)27-25(18-40(30)44(42,43)23-15-19(31)14-20(32)16-23)28(37-36-27)35-29(41)24-5-4-22(39-12-10-38(3)11-13-39)17-26(24)34-21-6-8-33-9-7-21;;/h4-5,14-17,21,33-34H,6-13,18H2,1-3H3,(H2,35,36,37,41);2*1H. The largest absolute Gasteiger partial charge is 0.382 e. The molecule has 0 saturated carbocycles. The maximum absolute atomic E-state index is 13.9. The molecule has 0 bridgehead atoms. The van der Waals surface area contributed by atoms with Gasteiger partial charge in [0.1, 0.15) is 11.6 Å². The van der Waals surface area contributed by atoms with Crippen molar-refractivity contribution in [3.05, 3.63) is 64.9 Å². The van der Waals surface area contributed by atoms with Gasteiger partial charge in [-0.25, -0.2) is 17.2 Å². The number of benzene rings is 2. The first-order chi connectivity index (χ1) is 20.9. The van der Waals surface area contributed by atoms with Crippen LogP contribution in [0.5, 0.6) is 0 Å². The zero-order valence-electron chi connectivity index (χ0n) is 25.9. The third-order valence-electron chi connectivity index (χ3n) is 8.88. The van der Waals surface area contributed by atoms with Crippen molar-refractivity contribution in [1.82, 2.24) is 24.7 Å². The third-order valence-corrected chi connectivity index (χ3v) is 10.9. The van der Waals surface area contributed by atoms with Gasteiger partial charge in [-0.15, -0.1) is 24.8 Å². The molecule has 2 aromatic carbocycles. The summed E-state index contributed by atoms with van der Waals surface area (Å²) in [4.78, 5) is 17.9. The lowest BCUT2D eigenvalue weighted by Crippen LogP contribution is -2.44. The van der Waals surface area contributed by atoms with Crippen LogP contribution in [0.25, 0.3) is 0 Å². The van der Waals surface area contributed by atoms with Crippen LogP contribution in [-0.2, 0) is 22.1 Å². The lowest BCUT2D eigenvalue weighted by atomic mass is 10.0. The number of likely N-dealkylation sites (N-methyl/N-ethyl adjacent to an activating group) is 1. The number of aromatic nitrogens is 2. The highest BCUT2D eigenvalue weighted by atomic mass is 35.5. The van der Waals surface area contributed by atoms with E-state index in [-0.39, 0.29) is 49.1 Å². The van der Waals surface area contributed by atoms with E-state index in [1.54, 1.807) is 13.8 Å². The number of fused-ring (bicyclic) bond motifs is 1. The predicted molar refractivity (Wildman–Crippen MR) is 179 cm³/mol. The van der Waals surface area contributed by atoms with Crippen LogP contribution in [0.4, 0.5) is 26.0 Å². The molecule has 16 heteroatoms. The van der Waals surface area contributed by atoms with Crippen LogP contribution in [0.1, 0.15) is 48.3 Å². The molecule has 6 rings (SSSR count). The summed E-state index contributed by atoms with van der Waals surface area (Å²) in [5.41, 5.74) is 2.09. The summed E-state index contributed by atoms with van der Waals surface area (Å²) in [7, 11) is -2.19. The van der Waals surface area contributed by atoms with Gasteiger partial charge >= 0.3 is 0 Å². The SMILES string of the molecule is CN1CCN(c2ccc(C(=O)Nc3n[nH]c4c3CN(S(=O)(=O)c3cc(F)cc(F)c3)C4(C)C)c(NC3CCNCC3)c2)CC1.Cl.Cl. The number of hydrogen-bond donors (Lipinski definition) is 4. The van der Waals surface area contributed by atoms with Gasteiger partial charge in [0.05, 0.1) is 21.7 Å². The van der Waals surface area contributed by atoms with Crippen LogP contribution in [0.3, 0.4) is 0 Å². The van der Waals surface area contributed by atoms with Crippen LogP contribution in [0.2, 0.25) is 0 Å². The maximum Gasteiger partial charge on any atom is 0.258 e. The summed E-state index contributed by atoms with van der Waals surface area (Å²) in [6.45, 7) is 8.71. The second-order valence-electron chi connectivity index (χ2n) is 12.2. The zero-order valence-corrected chi connectivity index (χ0v) is 28.3. The Morgan fingerprint density at radius 2 is 1.65 bits per heavy atom. The van der Waals surface area contributed by atoms with Crippen LogP contribution < -0.4 is 20.9 Å². The summed E-state index contributed by atoms with van der Waals surface area (Å²) in [6.07, 6.45) is 1.86. The van der Waals surface area contributed by atoms with Crippen molar-refractivity contribution < 1.29 is 22.0 Å². The van der Waals surface area contributed by atoms with E-state index < -0.39 is 32.1 Å². The molecule has 252 valence electrons. The van der Waals surface area contributed by atoms with Crippen molar-refractivity contribution >= 4 is 57.9 Å². The molecule has 0 aliphatic carbocycles. The van der Waals surface area contributed by atoms with Crippen LogP contribution >= 0.6 is 24.8 Å². The number of rotatable bonds is 7. The van der Waals surface area contributed by atoms with Gasteiger partial charge in [-0.3, -0.25) is 9.89 Å². The molecule has 3 aliphatic rings. The Morgan fingerprint density at radius 3 is 2.30 bits per heavy atom. The Bertz CT molecular complexity index is 1660. The minimum atomic E-state index is -4.30. The van der Waals surface area contributed by atoms with Gasteiger partial charge < -0.3 is 25.8 Å². The second-order valence-corrected chi connectivity index (χ2v) is 14.1. The quantitative estimate of drug-likeness (QED) is 0.290. The Morgan fingerprint density at radius 1 is 1.00 bits per heavy atom. The molecular weight excluding hydrogens is 661 g/mol. The number of sulfonamides is 1. The molecule has 1 aromatic heterocycles. The first kappa shape index (κ1) is 35.8. The van der Waals surface area contributed by atoms with E-state index in [4.69, 9.17) is 0 Å². The van der Waals surface area contributed by atoms with Crippen molar-refractivity contribution in [3.63, 3.8) is 0 Å². The summed E-state index contributed by atoms with van der Waals surface area (Å²) in [5, 5.41) is 17.1. The molecule has 0 unspecified atom stereocenters. The summed E-state index contributed by atoms with van der Waals surface area (Å²) < 4.78 is 56.1. The molecule has 46 heavy (non-hydrogen) atoms. The number of anilines is 3. The molecule has 0 spiro atoms. The number of piperidine rings is 1. The van der Waals surface area contributed by atoms with Crippen molar-refractivity contribution in [2.75, 3.05) is 61.8 Å². The molecule has 4 N–H and O–H groups in total. The first-order valence-electron chi connectivity index (χ1n) is 14.9. The molecular formula is C30H40Cl2F2N8O3S. The number of halogens is 4. The maximum atomic E-state index is 13.9. The highest BCUT2D eigenvalue weighted by Crippen LogP contribution is 2.44. The summed E-state index contributed by atoms with van der Waals surface area (Å²) in [5.74, 6) is -2.15. The van der Waals surface area contributed by atoms with E-state index >= 15 is 0 Å². The Hall–Kier alpha value is -3.01. The number of carbonyl (C=O) groups excluding carboxylic acids is 1. The predicted octanol–water partition coefficient (Wildman–Crippen LogP) is 4.14. The fourth-order valence-corrected chi connectivity index (χ4v) is 8.03. The first-order valence-corrected chi connectivity index (χ1v) is 16.3. The molecule has 2 saturated heterocycles. The topological polar surface area (TPSA) is 126 Å².